The second-order valence-electron chi connectivity index (χ2n) is 8.89. The number of halogens is 5. The largest absolute Gasteiger partial charge is 0.494 e. The van der Waals surface area contributed by atoms with Crippen molar-refractivity contribution in [1.29, 1.82) is 0 Å². The molecule has 0 aromatic heterocycles. The van der Waals surface area contributed by atoms with Crippen LogP contribution in [0.4, 0.5) is 22.0 Å². The van der Waals surface area contributed by atoms with Crippen LogP contribution in [0, 0.1) is 11.6 Å². The van der Waals surface area contributed by atoms with Gasteiger partial charge in [-0.1, -0.05) is 53.7 Å². The van der Waals surface area contributed by atoms with Crippen LogP contribution in [-0.4, -0.2) is 47.6 Å². The molecule has 1 aliphatic heterocycles. The lowest BCUT2D eigenvalue weighted by molar-refractivity contribution is -0.138. The first-order chi connectivity index (χ1) is 18.1. The summed E-state index contributed by atoms with van der Waals surface area (Å²) in [6.07, 6.45) is -4.75. The molecule has 1 aliphatic rings. The smallest absolute Gasteiger partial charge is 0.416 e. The minimum Gasteiger partial charge on any atom is -0.494 e. The van der Waals surface area contributed by atoms with Crippen LogP contribution in [0.5, 0.6) is 5.75 Å². The summed E-state index contributed by atoms with van der Waals surface area (Å²) in [5.41, 5.74) is 0.579. The third kappa shape index (κ3) is 5.65. The average molecular weight is 532 g/mol. The van der Waals surface area contributed by atoms with Crippen LogP contribution < -0.4 is 4.74 Å². The third-order valence-corrected chi connectivity index (χ3v) is 6.55. The predicted molar refractivity (Wildman–Crippen MR) is 134 cm³/mol. The number of ether oxygens (including phenoxy) is 1. The van der Waals surface area contributed by atoms with Gasteiger partial charge in [-0.3, -0.25) is 4.90 Å². The van der Waals surface area contributed by atoms with E-state index in [1.807, 2.05) is 6.07 Å². The standard InChI is InChI=1S/C28H26F5N3O2/c1-18-21(20-10-6-13-26(38-2)27(20)30)14-35(16-25(34-37)19-8-4-3-5-9-19)17-36(18)15-22-23(28(31,32)33)11-7-12-24(22)29/h3-13,37H,14-17H2,1-2H3/b34-25-. The summed E-state index contributed by atoms with van der Waals surface area (Å²) < 4.78 is 76.4. The average Bonchev–Trinajstić information content (AvgIpc) is 2.90. The van der Waals surface area contributed by atoms with E-state index in [9.17, 15) is 22.8 Å². The SMILES string of the molecule is COc1cccc(C2=C(C)N(Cc3c(F)cccc3C(F)(F)F)CN(C/C(=N/O)c3ccccc3)C2)c1F. The number of hydrogen-bond donors (Lipinski definition) is 1. The van der Waals surface area contributed by atoms with Crippen molar-refractivity contribution >= 4 is 11.3 Å². The van der Waals surface area contributed by atoms with Crippen molar-refractivity contribution < 1.29 is 31.9 Å². The highest BCUT2D eigenvalue weighted by atomic mass is 19.4. The Morgan fingerprint density at radius 2 is 1.71 bits per heavy atom. The van der Waals surface area contributed by atoms with Crippen molar-refractivity contribution in [2.45, 2.75) is 19.6 Å². The summed E-state index contributed by atoms with van der Waals surface area (Å²) in [5.74, 6) is -1.59. The van der Waals surface area contributed by atoms with Crippen molar-refractivity contribution in [3.8, 4) is 5.75 Å². The normalized spacial score (nSPS) is 15.2. The van der Waals surface area contributed by atoms with E-state index >= 15 is 4.39 Å². The summed E-state index contributed by atoms with van der Waals surface area (Å²) in [6.45, 7) is 1.64. The van der Waals surface area contributed by atoms with Gasteiger partial charge >= 0.3 is 6.18 Å². The van der Waals surface area contributed by atoms with Crippen LogP contribution in [0.2, 0.25) is 0 Å². The molecule has 0 radical (unpaired) electrons. The molecular formula is C28H26F5N3O2. The number of allylic oxidation sites excluding steroid dienone is 1. The van der Waals surface area contributed by atoms with Crippen LogP contribution in [0.3, 0.4) is 0 Å². The van der Waals surface area contributed by atoms with Crippen molar-refractivity contribution in [3.63, 3.8) is 0 Å². The number of methoxy groups -OCH3 is 1. The van der Waals surface area contributed by atoms with Gasteiger partial charge in [-0.05, 0) is 30.7 Å². The Labute approximate surface area is 217 Å². The minimum absolute atomic E-state index is 0.0156. The predicted octanol–water partition coefficient (Wildman–Crippen LogP) is 6.38. The fraction of sp³-hybridized carbons (Fsp3) is 0.250. The number of rotatable bonds is 7. The Morgan fingerprint density at radius 1 is 1.00 bits per heavy atom. The molecule has 1 heterocycles. The molecule has 0 atom stereocenters. The summed E-state index contributed by atoms with van der Waals surface area (Å²) in [6, 6.07) is 16.4. The summed E-state index contributed by atoms with van der Waals surface area (Å²) >= 11 is 0. The monoisotopic (exact) mass is 531 g/mol. The zero-order chi connectivity index (χ0) is 27.4. The van der Waals surface area contributed by atoms with Gasteiger partial charge in [-0.15, -0.1) is 0 Å². The maximum absolute atomic E-state index is 15.3. The molecule has 0 spiro atoms. The Balaban J connectivity index is 1.77. The van der Waals surface area contributed by atoms with E-state index in [0.29, 0.717) is 22.5 Å². The third-order valence-electron chi connectivity index (χ3n) is 6.55. The molecule has 4 rings (SSSR count). The maximum atomic E-state index is 15.3. The molecule has 3 aromatic rings. The number of hydrogen-bond acceptors (Lipinski definition) is 5. The summed E-state index contributed by atoms with van der Waals surface area (Å²) in [7, 11) is 1.34. The molecule has 0 unspecified atom stereocenters. The summed E-state index contributed by atoms with van der Waals surface area (Å²) in [5, 5.41) is 13.1. The Bertz CT molecular complexity index is 1360. The molecular weight excluding hydrogens is 505 g/mol. The molecule has 10 heteroatoms. The van der Waals surface area contributed by atoms with Crippen LogP contribution in [0.25, 0.3) is 5.57 Å². The molecule has 0 bridgehead atoms. The molecule has 0 aliphatic carbocycles. The van der Waals surface area contributed by atoms with Crippen LogP contribution in [0.15, 0.2) is 77.6 Å². The molecule has 200 valence electrons. The highest BCUT2D eigenvalue weighted by molar-refractivity contribution is 6.01. The second kappa shape index (κ2) is 11.2. The summed E-state index contributed by atoms with van der Waals surface area (Å²) in [4.78, 5) is 3.35. The first kappa shape index (κ1) is 27.1. The van der Waals surface area contributed by atoms with Crippen molar-refractivity contribution in [2.75, 3.05) is 26.9 Å². The van der Waals surface area contributed by atoms with Crippen molar-refractivity contribution in [1.82, 2.24) is 9.80 Å². The van der Waals surface area contributed by atoms with Gasteiger partial charge in [0.2, 0.25) is 0 Å². The first-order valence-electron chi connectivity index (χ1n) is 11.7. The molecule has 1 N–H and O–H groups in total. The van der Waals surface area contributed by atoms with Gasteiger partial charge in [0.05, 0.1) is 19.3 Å². The molecule has 0 amide bonds. The van der Waals surface area contributed by atoms with Crippen LogP contribution >= 0.6 is 0 Å². The molecule has 38 heavy (non-hydrogen) atoms. The number of nitrogens with zero attached hydrogens (tertiary/aromatic N) is 3. The zero-order valence-corrected chi connectivity index (χ0v) is 20.8. The molecule has 0 fully saturated rings. The molecule has 0 saturated heterocycles. The molecule has 0 saturated carbocycles. The van der Waals surface area contributed by atoms with Gasteiger partial charge in [0.1, 0.15) is 11.5 Å². The van der Waals surface area contributed by atoms with Crippen LogP contribution in [0.1, 0.15) is 29.2 Å². The maximum Gasteiger partial charge on any atom is 0.416 e. The van der Waals surface area contributed by atoms with Crippen LogP contribution in [-0.2, 0) is 12.7 Å². The lowest BCUT2D eigenvalue weighted by atomic mass is 9.98. The van der Waals surface area contributed by atoms with E-state index in [1.165, 1.54) is 13.2 Å². The molecule has 5 nitrogen and oxygen atoms in total. The fourth-order valence-electron chi connectivity index (χ4n) is 4.58. The van der Waals surface area contributed by atoms with E-state index < -0.39 is 35.5 Å². The minimum atomic E-state index is -4.75. The van der Waals surface area contributed by atoms with Gasteiger partial charge in [0, 0.05) is 42.0 Å². The Morgan fingerprint density at radius 3 is 2.37 bits per heavy atom. The second-order valence-corrected chi connectivity index (χ2v) is 8.89. The highest BCUT2D eigenvalue weighted by Gasteiger charge is 2.36. The lowest BCUT2D eigenvalue weighted by Crippen LogP contribution is -2.45. The van der Waals surface area contributed by atoms with E-state index in [0.717, 1.165) is 18.2 Å². The topological polar surface area (TPSA) is 48.3 Å². The van der Waals surface area contributed by atoms with Gasteiger partial charge in [0.15, 0.2) is 11.6 Å². The number of benzene rings is 3. The lowest BCUT2D eigenvalue weighted by Gasteiger charge is -2.40. The number of oxime groups is 1. The van der Waals surface area contributed by atoms with E-state index in [2.05, 4.69) is 5.16 Å². The Hall–Kier alpha value is -3.92. The number of alkyl halides is 3. The van der Waals surface area contributed by atoms with Gasteiger partial charge in [0.25, 0.3) is 0 Å². The van der Waals surface area contributed by atoms with Gasteiger partial charge in [-0.25, -0.2) is 8.78 Å². The first-order valence-corrected chi connectivity index (χ1v) is 11.7. The molecule has 3 aromatic carbocycles. The van der Waals surface area contributed by atoms with E-state index in [-0.39, 0.29) is 31.1 Å². The van der Waals surface area contributed by atoms with Gasteiger partial charge < -0.3 is 14.8 Å². The van der Waals surface area contributed by atoms with Gasteiger partial charge in [-0.2, -0.15) is 13.2 Å². The van der Waals surface area contributed by atoms with Crippen molar-refractivity contribution in [3.05, 3.63) is 106 Å². The van der Waals surface area contributed by atoms with E-state index in [1.54, 1.807) is 53.1 Å². The van der Waals surface area contributed by atoms with E-state index in [4.69, 9.17) is 4.74 Å². The fourth-order valence-corrected chi connectivity index (χ4v) is 4.58. The van der Waals surface area contributed by atoms with Crippen molar-refractivity contribution in [2.24, 2.45) is 5.16 Å². The quantitative estimate of drug-likeness (QED) is 0.166. The zero-order valence-electron chi connectivity index (χ0n) is 20.8. The highest BCUT2D eigenvalue weighted by Crippen LogP contribution is 2.37. The Kier molecular flexibility index (Phi) is 8.01.